The van der Waals surface area contributed by atoms with Gasteiger partial charge in [-0.1, -0.05) is 13.2 Å². The molecule has 9 aliphatic heterocycles. The fraction of sp³-hybridized carbons (Fsp3) is 0.533. The molecule has 15 heterocycles. The lowest BCUT2D eigenvalue weighted by Gasteiger charge is -2.38. The number of allylic oxidation sites excluding steroid dienone is 1. The third-order valence-electron chi connectivity index (χ3n) is 27.1. The fourth-order valence-electron chi connectivity index (χ4n) is 20.1. The summed E-state index contributed by atoms with van der Waals surface area (Å²) >= 11 is 0. The number of ether oxygens (including phenoxy) is 3. The van der Waals surface area contributed by atoms with Gasteiger partial charge in [0.1, 0.15) is 61.0 Å². The first-order valence-corrected chi connectivity index (χ1v) is 44.1. The number of carbonyl (C=O) groups excluding carboxylic acids is 3. The standard InChI is InChI=1S/C31H40F2N8O2.C31H39F2N7O2.C30H38F2N8O2.3H2S/c1-20-14-25-24(16-34-37-25)28(21(20)2)41-9-7-23-26(17-41)35-30(43-18-22-15-31(3,33)19-38(22)4)36-29(23)40-12-10-39(11-13-40)27(42)6-5-8-32;1-19-14-25-23(6-8-34-25)27(20(19)2)40-9-7-24-26(16-40)35-30(42-17-22-15-31(4,33)18-37(22)5)36-28(24)38-10-12-39(13-11-38)29(41)21(3)32;1-18-12-24-23(14-33-36-24)26(19(18)2)40-7-6-22-25(15-40)34-29(42-16-21-13-30(4,32)17-37(21)5)35-27(22)38-8-10-39(11-9-38)28(41)20(3)31;;;/h5-6,14,16,22H,7-13,15,17-19H2,1-4H3,(H,34,37);6,8,14,22,34H,3,7,9-13,15-18H2,1-2,4-5H3;12,14,21H,3,6-11,13,15-17H2,1-2,4-5H3,(H,33,36);3*1H2/b6-5+;;;;;/t2*22-,31?;21-,30?;;;/m000.../s1. The van der Waals surface area contributed by atoms with Gasteiger partial charge in [-0.05, 0) is 166 Å². The molecule has 6 atom stereocenters. The second-order valence-corrected chi connectivity index (χ2v) is 36.6. The van der Waals surface area contributed by atoms with E-state index in [4.69, 9.17) is 44.1 Å². The summed E-state index contributed by atoms with van der Waals surface area (Å²) in [7, 11) is 5.73. The molecule has 0 bridgehead atoms. The first-order chi connectivity index (χ1) is 60.6. The molecule has 18 rings (SSSR count). The number of fused-ring (bicyclic) bond motifs is 6. The molecule has 3 unspecified atom stereocenters. The molecule has 130 heavy (non-hydrogen) atoms. The Morgan fingerprint density at radius 3 is 1.10 bits per heavy atom. The first-order valence-electron chi connectivity index (χ1n) is 44.1. The van der Waals surface area contributed by atoms with Crippen molar-refractivity contribution in [3.8, 4) is 18.0 Å². The van der Waals surface area contributed by atoms with Crippen LogP contribution in [0.5, 0.6) is 18.0 Å². The van der Waals surface area contributed by atoms with Crippen LogP contribution in [-0.2, 0) is 53.3 Å². The van der Waals surface area contributed by atoms with Crippen molar-refractivity contribution in [1.82, 2.24) is 84.7 Å². The van der Waals surface area contributed by atoms with Crippen molar-refractivity contribution in [3.63, 3.8) is 0 Å². The van der Waals surface area contributed by atoms with Gasteiger partial charge < -0.3 is 63.3 Å². The third-order valence-corrected chi connectivity index (χ3v) is 27.1. The van der Waals surface area contributed by atoms with Crippen LogP contribution in [0, 0.1) is 41.5 Å². The molecule has 38 heteroatoms. The van der Waals surface area contributed by atoms with Gasteiger partial charge in [-0.25, -0.2) is 26.3 Å². The second kappa shape index (κ2) is 40.0. The predicted octanol–water partition coefficient (Wildman–Crippen LogP) is 11.4. The average molecular weight is 1860 g/mol. The SMILES string of the molecule is C=C(F)C(=O)N1CCN(c2nc(OC[C@@H]3CC(C)(F)CN3C)nc3c2CCN(c2c(C)c(C)cc4[nH]ccc24)C3)CC1.C=C(F)C(=O)N1CCN(c2nc(OC[C@@H]3CC(C)(F)CN3C)nc3c2CCN(c2c(C)c(C)cc4[nH]ncc24)C3)CC1.Cc1cc2[nH]ncc2c(N2CCc3c(nc(OC[C@@H]4CC(C)(F)CN4C)nc3N3CCN(C(=O)/C=C/CF)CC3)C2)c1C.S.S.S. The number of piperazine rings is 3. The number of likely N-dealkylation sites (tertiary alicyclic amines) is 3. The Morgan fingerprint density at radius 2 is 0.785 bits per heavy atom. The van der Waals surface area contributed by atoms with Crippen molar-refractivity contribution in [1.29, 1.82) is 0 Å². The summed E-state index contributed by atoms with van der Waals surface area (Å²) in [5.74, 6) is -0.991. The Kier molecular flexibility index (Phi) is 30.0. The van der Waals surface area contributed by atoms with Crippen molar-refractivity contribution in [2.45, 2.75) is 156 Å². The molecule has 29 nitrogen and oxygen atoms in total. The lowest BCUT2D eigenvalue weighted by molar-refractivity contribution is -0.129. The number of hydrogen-bond donors (Lipinski definition) is 3. The van der Waals surface area contributed by atoms with Gasteiger partial charge in [0, 0.05) is 212 Å². The number of likely N-dealkylation sites (N-methyl/N-ethyl adjacent to an activating group) is 3. The highest BCUT2D eigenvalue weighted by molar-refractivity contribution is 7.59. The van der Waals surface area contributed by atoms with Gasteiger partial charge in [-0.15, -0.1) is 0 Å². The van der Waals surface area contributed by atoms with Gasteiger partial charge in [0.2, 0.25) is 5.91 Å². The summed E-state index contributed by atoms with van der Waals surface area (Å²) in [6.07, 6.45) is 11.7. The molecule has 9 aliphatic rings. The number of hydrogen-bond acceptors (Lipinski definition) is 23. The fourth-order valence-corrected chi connectivity index (χ4v) is 20.1. The summed E-state index contributed by atoms with van der Waals surface area (Å²) in [6, 6.07) is 9.17. The molecule has 3 aromatic carbocycles. The number of amides is 3. The lowest BCUT2D eigenvalue weighted by atomic mass is 9.99. The molecular formula is C92H123F6N23O6S3. The zero-order valence-electron chi connectivity index (χ0n) is 76.4. The molecule has 3 amide bonds. The lowest BCUT2D eigenvalue weighted by Crippen LogP contribution is -2.49. The van der Waals surface area contributed by atoms with E-state index in [0.29, 0.717) is 150 Å². The largest absolute Gasteiger partial charge is 0.462 e. The molecule has 9 aromatic rings. The molecule has 6 aromatic heterocycles. The molecule has 0 spiro atoms. The molecule has 702 valence electrons. The summed E-state index contributed by atoms with van der Waals surface area (Å²) < 4.78 is 102. The topological polar surface area (TPSA) is 268 Å². The van der Waals surface area contributed by atoms with Crippen molar-refractivity contribution >= 4 is 125 Å². The number of benzene rings is 3. The van der Waals surface area contributed by atoms with E-state index in [1.54, 1.807) is 25.7 Å². The van der Waals surface area contributed by atoms with E-state index in [-0.39, 0.29) is 89.2 Å². The summed E-state index contributed by atoms with van der Waals surface area (Å²) in [4.78, 5) is 93.6. The number of aromatic nitrogens is 11. The quantitative estimate of drug-likeness (QED) is 0.0501. The van der Waals surface area contributed by atoms with Gasteiger partial charge in [-0.2, -0.15) is 80.6 Å². The minimum Gasteiger partial charge on any atom is -0.462 e. The number of aryl methyl sites for hydroxylation is 3. The third kappa shape index (κ3) is 20.8. The molecule has 0 saturated carbocycles. The second-order valence-electron chi connectivity index (χ2n) is 36.6. The maximum Gasteiger partial charge on any atom is 0.318 e. The Hall–Kier alpha value is -10.3. The minimum atomic E-state index is -1.25. The van der Waals surface area contributed by atoms with Crippen LogP contribution >= 0.6 is 40.5 Å². The Balaban J connectivity index is 0.000000164. The highest BCUT2D eigenvalue weighted by Gasteiger charge is 2.44. The molecule has 6 fully saturated rings. The van der Waals surface area contributed by atoms with Crippen LogP contribution < -0.4 is 43.6 Å². The normalized spacial score (nSPS) is 22.5. The number of rotatable bonds is 19. The maximum atomic E-state index is 14.7. The van der Waals surface area contributed by atoms with Crippen molar-refractivity contribution in [2.24, 2.45) is 0 Å². The minimum absolute atomic E-state index is 0. The van der Waals surface area contributed by atoms with Crippen LogP contribution in [0.4, 0.5) is 60.9 Å². The van der Waals surface area contributed by atoms with Crippen LogP contribution in [0.25, 0.3) is 32.7 Å². The van der Waals surface area contributed by atoms with Crippen molar-refractivity contribution in [2.75, 3.05) is 195 Å². The van der Waals surface area contributed by atoms with E-state index in [9.17, 15) is 40.7 Å². The Bertz CT molecular complexity index is 5470. The summed E-state index contributed by atoms with van der Waals surface area (Å²) in [6.45, 7) is 35.2. The van der Waals surface area contributed by atoms with Crippen molar-refractivity contribution in [3.05, 3.63) is 147 Å². The number of halogens is 6. The van der Waals surface area contributed by atoms with E-state index in [0.717, 1.165) is 129 Å². The molecular weight excluding hydrogens is 1730 g/mol. The van der Waals surface area contributed by atoms with Crippen LogP contribution in [0.3, 0.4) is 0 Å². The number of carbonyl (C=O) groups is 3. The predicted molar refractivity (Wildman–Crippen MR) is 511 cm³/mol. The van der Waals surface area contributed by atoms with Gasteiger partial charge in [0.05, 0.1) is 71.5 Å². The van der Waals surface area contributed by atoms with Crippen LogP contribution in [-0.4, -0.2) is 303 Å². The Morgan fingerprint density at radius 1 is 0.462 bits per heavy atom. The van der Waals surface area contributed by atoms with E-state index >= 15 is 0 Å². The number of nitrogens with zero attached hydrogens (tertiary/aromatic N) is 20. The van der Waals surface area contributed by atoms with Gasteiger partial charge in [0.25, 0.3) is 11.8 Å². The van der Waals surface area contributed by atoms with Crippen LogP contribution in [0.1, 0.15) is 107 Å². The molecule has 3 N–H and O–H groups in total. The maximum absolute atomic E-state index is 14.7. The summed E-state index contributed by atoms with van der Waals surface area (Å²) in [5, 5.41) is 18.1. The van der Waals surface area contributed by atoms with E-state index in [1.165, 1.54) is 66.4 Å². The summed E-state index contributed by atoms with van der Waals surface area (Å²) in [5.41, 5.74) is 16.0. The van der Waals surface area contributed by atoms with E-state index < -0.39 is 47.1 Å². The number of anilines is 6. The molecule has 0 radical (unpaired) electrons. The number of aromatic amines is 3. The first kappa shape index (κ1) is 97.3. The smallest absolute Gasteiger partial charge is 0.318 e. The highest BCUT2D eigenvalue weighted by atomic mass is 32.1. The van der Waals surface area contributed by atoms with Crippen LogP contribution in [0.15, 0.2) is 79.8 Å². The average Bonchev–Trinajstić information content (AvgIpc) is 1.28. The Labute approximate surface area is 776 Å². The zero-order chi connectivity index (χ0) is 89.8. The number of alkyl halides is 4. The van der Waals surface area contributed by atoms with E-state index in [2.05, 4.69) is 134 Å². The zero-order valence-corrected chi connectivity index (χ0v) is 79.4. The van der Waals surface area contributed by atoms with E-state index in [1.807, 2.05) is 54.4 Å². The highest BCUT2D eigenvalue weighted by Crippen LogP contribution is 2.43. The van der Waals surface area contributed by atoms with Gasteiger partial charge in [0.15, 0.2) is 11.7 Å². The number of nitrogens with one attached hydrogen (secondary N) is 3. The number of H-pyrrole nitrogens is 3. The molecule has 0 aliphatic carbocycles. The van der Waals surface area contributed by atoms with Gasteiger partial charge >= 0.3 is 18.0 Å². The monoisotopic (exact) mass is 1860 g/mol. The van der Waals surface area contributed by atoms with Crippen LogP contribution in [0.2, 0.25) is 0 Å². The van der Waals surface area contributed by atoms with Crippen molar-refractivity contribution < 1.29 is 54.9 Å². The van der Waals surface area contributed by atoms with Gasteiger partial charge in [-0.3, -0.25) is 39.3 Å². The molecule has 6 saturated heterocycles.